The first-order valence-electron chi connectivity index (χ1n) is 6.27. The minimum atomic E-state index is -0.165. The molecule has 3 nitrogen and oxygen atoms in total. The summed E-state index contributed by atoms with van der Waals surface area (Å²) in [7, 11) is 0. The summed E-state index contributed by atoms with van der Waals surface area (Å²) in [6, 6.07) is 6.92. The summed E-state index contributed by atoms with van der Waals surface area (Å²) in [6.07, 6.45) is 4.65. The Kier molecular flexibility index (Phi) is 3.67. The quantitative estimate of drug-likeness (QED) is 0.825. The average molecular weight is 233 g/mol. The third kappa shape index (κ3) is 2.78. The number of nitrogens with one attached hydrogen (secondary N) is 1. The highest BCUT2D eigenvalue weighted by Crippen LogP contribution is 2.24. The van der Waals surface area contributed by atoms with Gasteiger partial charge in [0.2, 0.25) is 0 Å². The number of carbonyl (C=O) groups is 1. The van der Waals surface area contributed by atoms with E-state index in [1.54, 1.807) is 24.3 Å². The zero-order chi connectivity index (χ0) is 12.3. The van der Waals surface area contributed by atoms with Crippen LogP contribution in [-0.4, -0.2) is 17.1 Å². The predicted octanol–water partition coefficient (Wildman–Crippen LogP) is 2.70. The van der Waals surface area contributed by atoms with Gasteiger partial charge >= 0.3 is 0 Å². The van der Waals surface area contributed by atoms with Crippen LogP contribution in [0.15, 0.2) is 24.3 Å². The van der Waals surface area contributed by atoms with Crippen molar-refractivity contribution in [1.29, 1.82) is 0 Å². The molecular weight excluding hydrogens is 214 g/mol. The molecule has 1 fully saturated rings. The van der Waals surface area contributed by atoms with Gasteiger partial charge in [-0.2, -0.15) is 0 Å². The normalized spacial score (nSPS) is 24.3. The highest BCUT2D eigenvalue weighted by atomic mass is 16.3. The van der Waals surface area contributed by atoms with Gasteiger partial charge in [0.1, 0.15) is 5.75 Å². The molecule has 0 aliphatic heterocycles. The number of para-hydroxylation sites is 1. The molecule has 1 aliphatic rings. The van der Waals surface area contributed by atoms with Gasteiger partial charge in [0.25, 0.3) is 5.91 Å². The molecule has 0 heterocycles. The summed E-state index contributed by atoms with van der Waals surface area (Å²) in [5.74, 6) is 0.411. The second-order valence-corrected chi connectivity index (χ2v) is 4.86. The summed E-state index contributed by atoms with van der Waals surface area (Å²) in [6.45, 7) is 2.18. The summed E-state index contributed by atoms with van der Waals surface area (Å²) < 4.78 is 0. The lowest BCUT2D eigenvalue weighted by Gasteiger charge is -2.29. The fourth-order valence-corrected chi connectivity index (χ4v) is 2.44. The highest BCUT2D eigenvalue weighted by Gasteiger charge is 2.23. The van der Waals surface area contributed by atoms with Gasteiger partial charge in [-0.3, -0.25) is 4.79 Å². The number of phenolic OH excluding ortho intramolecular Hbond substituents is 1. The van der Waals surface area contributed by atoms with Gasteiger partial charge in [-0.05, 0) is 30.9 Å². The van der Waals surface area contributed by atoms with E-state index >= 15 is 0 Å². The van der Waals surface area contributed by atoms with Crippen LogP contribution in [0.2, 0.25) is 0 Å². The monoisotopic (exact) mass is 233 g/mol. The third-order valence-electron chi connectivity index (χ3n) is 3.58. The van der Waals surface area contributed by atoms with E-state index in [1.165, 1.54) is 19.3 Å². The lowest BCUT2D eigenvalue weighted by Crippen LogP contribution is -2.41. The smallest absolute Gasteiger partial charge is 0.255 e. The SMILES string of the molecule is CC1CCCCC1NC(=O)c1ccccc1O. The lowest BCUT2D eigenvalue weighted by atomic mass is 9.86. The predicted molar refractivity (Wildman–Crippen MR) is 67.0 cm³/mol. The molecular formula is C14H19NO2. The minimum absolute atomic E-state index is 0.0495. The van der Waals surface area contributed by atoms with Gasteiger partial charge in [0.15, 0.2) is 0 Å². The van der Waals surface area contributed by atoms with E-state index in [-0.39, 0.29) is 17.7 Å². The molecule has 0 aromatic heterocycles. The summed E-state index contributed by atoms with van der Waals surface area (Å²) in [4.78, 5) is 12.0. The molecule has 2 unspecified atom stereocenters. The molecule has 2 N–H and O–H groups in total. The van der Waals surface area contributed by atoms with Crippen LogP contribution in [-0.2, 0) is 0 Å². The van der Waals surface area contributed by atoms with Gasteiger partial charge in [-0.25, -0.2) is 0 Å². The molecule has 1 aliphatic carbocycles. The van der Waals surface area contributed by atoms with Crippen molar-refractivity contribution in [2.24, 2.45) is 5.92 Å². The molecule has 0 bridgehead atoms. The van der Waals surface area contributed by atoms with E-state index < -0.39 is 0 Å². The van der Waals surface area contributed by atoms with E-state index in [2.05, 4.69) is 12.2 Å². The van der Waals surface area contributed by atoms with Crippen LogP contribution in [0, 0.1) is 5.92 Å². The highest BCUT2D eigenvalue weighted by molar-refractivity contribution is 5.96. The Morgan fingerprint density at radius 3 is 2.71 bits per heavy atom. The summed E-state index contributed by atoms with van der Waals surface area (Å²) in [5.41, 5.74) is 0.366. The Labute approximate surface area is 102 Å². The van der Waals surface area contributed by atoms with Crippen molar-refractivity contribution in [3.63, 3.8) is 0 Å². The number of hydrogen-bond donors (Lipinski definition) is 2. The van der Waals surface area contributed by atoms with Gasteiger partial charge < -0.3 is 10.4 Å². The van der Waals surface area contributed by atoms with Crippen LogP contribution < -0.4 is 5.32 Å². The Hall–Kier alpha value is -1.51. The number of aromatic hydroxyl groups is 1. The number of benzene rings is 1. The van der Waals surface area contributed by atoms with E-state index in [9.17, 15) is 9.90 Å². The molecule has 0 radical (unpaired) electrons. The number of hydrogen-bond acceptors (Lipinski definition) is 2. The first-order valence-corrected chi connectivity index (χ1v) is 6.27. The molecule has 2 rings (SSSR count). The number of amides is 1. The number of phenols is 1. The van der Waals surface area contributed by atoms with Crippen LogP contribution in [0.4, 0.5) is 0 Å². The second-order valence-electron chi connectivity index (χ2n) is 4.86. The Morgan fingerprint density at radius 2 is 2.00 bits per heavy atom. The first-order chi connectivity index (χ1) is 8.18. The van der Waals surface area contributed by atoms with Gasteiger partial charge in [-0.15, -0.1) is 0 Å². The zero-order valence-corrected chi connectivity index (χ0v) is 10.1. The number of rotatable bonds is 2. The maximum absolute atomic E-state index is 12.0. The molecule has 1 amide bonds. The topological polar surface area (TPSA) is 49.3 Å². The number of carbonyl (C=O) groups excluding carboxylic acids is 1. The van der Waals surface area contributed by atoms with Crippen LogP contribution in [0.25, 0.3) is 0 Å². The molecule has 1 aromatic rings. The Morgan fingerprint density at radius 1 is 1.29 bits per heavy atom. The van der Waals surface area contributed by atoms with E-state index in [0.29, 0.717) is 11.5 Å². The van der Waals surface area contributed by atoms with Gasteiger partial charge in [0, 0.05) is 6.04 Å². The molecule has 92 valence electrons. The minimum Gasteiger partial charge on any atom is -0.507 e. The standard InChI is InChI=1S/C14H19NO2/c1-10-6-2-4-8-12(10)15-14(17)11-7-3-5-9-13(11)16/h3,5,7,9-10,12,16H,2,4,6,8H2,1H3,(H,15,17). The Bertz CT molecular complexity index is 403. The van der Waals surface area contributed by atoms with Crippen LogP contribution >= 0.6 is 0 Å². The molecule has 1 saturated carbocycles. The van der Waals surface area contributed by atoms with Crippen molar-refractivity contribution in [1.82, 2.24) is 5.32 Å². The van der Waals surface area contributed by atoms with E-state index in [1.807, 2.05) is 0 Å². The Balaban J connectivity index is 2.04. The van der Waals surface area contributed by atoms with Crippen LogP contribution in [0.1, 0.15) is 43.0 Å². The lowest BCUT2D eigenvalue weighted by molar-refractivity contribution is 0.0907. The molecule has 3 heteroatoms. The van der Waals surface area contributed by atoms with Crippen molar-refractivity contribution >= 4 is 5.91 Å². The maximum Gasteiger partial charge on any atom is 0.255 e. The fourth-order valence-electron chi connectivity index (χ4n) is 2.44. The molecule has 0 spiro atoms. The third-order valence-corrected chi connectivity index (χ3v) is 3.58. The van der Waals surface area contributed by atoms with Gasteiger partial charge in [0.05, 0.1) is 5.56 Å². The van der Waals surface area contributed by atoms with Crippen molar-refractivity contribution in [3.05, 3.63) is 29.8 Å². The van der Waals surface area contributed by atoms with Crippen LogP contribution in [0.3, 0.4) is 0 Å². The first kappa shape index (κ1) is 12.0. The fraction of sp³-hybridized carbons (Fsp3) is 0.500. The van der Waals surface area contributed by atoms with E-state index in [0.717, 1.165) is 6.42 Å². The second kappa shape index (κ2) is 5.21. The van der Waals surface area contributed by atoms with Crippen molar-refractivity contribution in [2.75, 3.05) is 0 Å². The van der Waals surface area contributed by atoms with Gasteiger partial charge in [-0.1, -0.05) is 31.9 Å². The largest absolute Gasteiger partial charge is 0.507 e. The van der Waals surface area contributed by atoms with Crippen LogP contribution in [0.5, 0.6) is 5.75 Å². The molecule has 1 aromatic carbocycles. The van der Waals surface area contributed by atoms with E-state index in [4.69, 9.17) is 0 Å². The summed E-state index contributed by atoms with van der Waals surface area (Å²) in [5, 5.41) is 12.6. The zero-order valence-electron chi connectivity index (χ0n) is 10.1. The van der Waals surface area contributed by atoms with Crippen molar-refractivity contribution in [3.8, 4) is 5.75 Å². The molecule has 0 saturated heterocycles. The van der Waals surface area contributed by atoms with Crippen molar-refractivity contribution in [2.45, 2.75) is 38.6 Å². The molecule has 17 heavy (non-hydrogen) atoms. The van der Waals surface area contributed by atoms with Crippen molar-refractivity contribution < 1.29 is 9.90 Å². The average Bonchev–Trinajstić information content (AvgIpc) is 2.32. The summed E-state index contributed by atoms with van der Waals surface area (Å²) >= 11 is 0. The molecule has 2 atom stereocenters. The maximum atomic E-state index is 12.0.